The van der Waals surface area contributed by atoms with Crippen molar-refractivity contribution in [1.82, 2.24) is 4.98 Å². The van der Waals surface area contributed by atoms with E-state index in [1.165, 1.54) is 11.9 Å². The van der Waals surface area contributed by atoms with Crippen molar-refractivity contribution in [2.24, 2.45) is 0 Å². The molecular weight excluding hydrogens is 389 g/mol. The Hall–Kier alpha value is -1.82. The smallest absolute Gasteiger partial charge is 0.225 e. The molecule has 7 heteroatoms. The standard InChI is InChI=1S/C19H17Cl2N3OS/c1-19(2)8-16(25)23-14-5-3-10(7-11(14)19)26-24-15-6-4-12(20)17-13(21)9-22-18(15)17/h3-7,9,22,24H,8H2,1-2H3,(H,23,25). The first kappa shape index (κ1) is 17.6. The van der Waals surface area contributed by atoms with Gasteiger partial charge in [0.1, 0.15) is 0 Å². The molecule has 0 spiro atoms. The number of carbonyl (C=O) groups is 1. The predicted octanol–water partition coefficient (Wildman–Crippen LogP) is 6.21. The number of fused-ring (bicyclic) bond motifs is 2. The molecule has 1 aromatic heterocycles. The lowest BCUT2D eigenvalue weighted by Gasteiger charge is -2.32. The van der Waals surface area contributed by atoms with Crippen LogP contribution in [-0.2, 0) is 10.2 Å². The van der Waals surface area contributed by atoms with Crippen LogP contribution in [0.3, 0.4) is 0 Å². The van der Waals surface area contributed by atoms with E-state index in [-0.39, 0.29) is 11.3 Å². The molecule has 2 heterocycles. The van der Waals surface area contributed by atoms with E-state index < -0.39 is 0 Å². The van der Waals surface area contributed by atoms with Crippen molar-refractivity contribution in [2.45, 2.75) is 30.6 Å². The van der Waals surface area contributed by atoms with Gasteiger partial charge in [0.05, 0.1) is 21.2 Å². The van der Waals surface area contributed by atoms with Crippen LogP contribution in [0.5, 0.6) is 0 Å². The van der Waals surface area contributed by atoms with Gasteiger partial charge >= 0.3 is 0 Å². The average molecular weight is 406 g/mol. The highest BCUT2D eigenvalue weighted by Crippen LogP contribution is 2.40. The molecule has 2 aromatic carbocycles. The quantitative estimate of drug-likeness (QED) is 0.453. The maximum atomic E-state index is 11.8. The van der Waals surface area contributed by atoms with Crippen LogP contribution in [0.15, 0.2) is 41.4 Å². The third kappa shape index (κ3) is 3.04. The fourth-order valence-electron chi connectivity index (χ4n) is 3.31. The molecule has 134 valence electrons. The average Bonchev–Trinajstić information content (AvgIpc) is 2.97. The fourth-order valence-corrected chi connectivity index (χ4v) is 4.58. The van der Waals surface area contributed by atoms with Gasteiger partial charge in [-0.25, -0.2) is 0 Å². The SMILES string of the molecule is CC1(C)CC(=O)Nc2ccc(SNc3ccc(Cl)c4c(Cl)c[nH]c34)cc21. The second-order valence-electron chi connectivity index (χ2n) is 7.00. The van der Waals surface area contributed by atoms with E-state index in [4.69, 9.17) is 23.2 Å². The molecule has 0 bridgehead atoms. The van der Waals surface area contributed by atoms with Crippen LogP contribution in [0.25, 0.3) is 10.9 Å². The van der Waals surface area contributed by atoms with E-state index in [1.54, 1.807) is 6.20 Å². The number of anilines is 2. The monoisotopic (exact) mass is 405 g/mol. The summed E-state index contributed by atoms with van der Waals surface area (Å²) in [6.45, 7) is 4.19. The Bertz CT molecular complexity index is 1030. The van der Waals surface area contributed by atoms with Crippen molar-refractivity contribution < 1.29 is 4.79 Å². The Balaban J connectivity index is 1.62. The van der Waals surface area contributed by atoms with E-state index >= 15 is 0 Å². The molecule has 1 aliphatic heterocycles. The van der Waals surface area contributed by atoms with Gasteiger partial charge in [-0.05, 0) is 47.8 Å². The summed E-state index contributed by atoms with van der Waals surface area (Å²) in [4.78, 5) is 16.1. The van der Waals surface area contributed by atoms with E-state index in [9.17, 15) is 4.79 Å². The molecule has 0 saturated heterocycles. The summed E-state index contributed by atoms with van der Waals surface area (Å²) < 4.78 is 3.37. The number of halogens is 2. The van der Waals surface area contributed by atoms with Gasteiger partial charge in [-0.2, -0.15) is 0 Å². The topological polar surface area (TPSA) is 56.9 Å². The van der Waals surface area contributed by atoms with E-state index in [0.29, 0.717) is 16.5 Å². The van der Waals surface area contributed by atoms with Crippen molar-refractivity contribution in [3.8, 4) is 0 Å². The fraction of sp³-hybridized carbons (Fsp3) is 0.211. The number of hydrogen-bond acceptors (Lipinski definition) is 3. The zero-order valence-electron chi connectivity index (χ0n) is 14.2. The number of H-pyrrole nitrogens is 1. The molecule has 3 aromatic rings. The third-order valence-electron chi connectivity index (χ3n) is 4.61. The molecular formula is C19H17Cl2N3OS. The third-order valence-corrected chi connectivity index (χ3v) is 6.04. The molecule has 26 heavy (non-hydrogen) atoms. The molecule has 0 fully saturated rings. The second-order valence-corrected chi connectivity index (χ2v) is 8.70. The minimum absolute atomic E-state index is 0.0632. The molecule has 0 saturated carbocycles. The molecule has 0 unspecified atom stereocenters. The van der Waals surface area contributed by atoms with Gasteiger partial charge in [0.25, 0.3) is 0 Å². The van der Waals surface area contributed by atoms with Crippen LogP contribution in [0.1, 0.15) is 25.8 Å². The number of rotatable bonds is 3. The molecule has 4 nitrogen and oxygen atoms in total. The van der Waals surface area contributed by atoms with Gasteiger partial charge in [-0.15, -0.1) is 0 Å². The van der Waals surface area contributed by atoms with E-state index in [0.717, 1.165) is 32.7 Å². The first-order chi connectivity index (χ1) is 12.3. The lowest BCUT2D eigenvalue weighted by atomic mass is 9.78. The van der Waals surface area contributed by atoms with Crippen molar-refractivity contribution in [1.29, 1.82) is 0 Å². The highest BCUT2D eigenvalue weighted by atomic mass is 35.5. The van der Waals surface area contributed by atoms with Crippen LogP contribution in [0.4, 0.5) is 11.4 Å². The number of carbonyl (C=O) groups excluding carboxylic acids is 1. The van der Waals surface area contributed by atoms with Gasteiger partial charge in [-0.1, -0.05) is 37.0 Å². The Morgan fingerprint density at radius 1 is 1.15 bits per heavy atom. The highest BCUT2D eigenvalue weighted by Gasteiger charge is 2.32. The number of benzene rings is 2. The minimum atomic E-state index is -0.186. The summed E-state index contributed by atoms with van der Waals surface area (Å²) >= 11 is 14.0. The van der Waals surface area contributed by atoms with Crippen molar-refractivity contribution in [3.05, 3.63) is 52.1 Å². The van der Waals surface area contributed by atoms with Crippen molar-refractivity contribution >= 4 is 63.3 Å². The summed E-state index contributed by atoms with van der Waals surface area (Å²) in [5.74, 6) is 0.0632. The minimum Gasteiger partial charge on any atom is -0.358 e. The van der Waals surface area contributed by atoms with Crippen LogP contribution in [0.2, 0.25) is 10.0 Å². The first-order valence-corrected chi connectivity index (χ1v) is 9.75. The Morgan fingerprint density at radius 2 is 1.96 bits per heavy atom. The van der Waals surface area contributed by atoms with E-state index in [2.05, 4.69) is 34.9 Å². The summed E-state index contributed by atoms with van der Waals surface area (Å²) in [6.07, 6.45) is 2.22. The zero-order valence-corrected chi connectivity index (χ0v) is 16.6. The Morgan fingerprint density at radius 3 is 2.77 bits per heavy atom. The van der Waals surface area contributed by atoms with Crippen LogP contribution >= 0.6 is 35.1 Å². The van der Waals surface area contributed by atoms with Gasteiger partial charge in [-0.3, -0.25) is 4.79 Å². The van der Waals surface area contributed by atoms with Crippen molar-refractivity contribution in [3.63, 3.8) is 0 Å². The summed E-state index contributed by atoms with van der Waals surface area (Å²) in [7, 11) is 0. The summed E-state index contributed by atoms with van der Waals surface area (Å²) in [5.41, 5.74) is 3.63. The number of aromatic nitrogens is 1. The van der Waals surface area contributed by atoms with Crippen LogP contribution in [0, 0.1) is 0 Å². The summed E-state index contributed by atoms with van der Waals surface area (Å²) in [6, 6.07) is 9.83. The molecule has 0 atom stereocenters. The van der Waals surface area contributed by atoms with E-state index in [1.807, 2.05) is 24.3 Å². The normalized spacial score (nSPS) is 15.6. The Kier molecular flexibility index (Phi) is 4.34. The first-order valence-electron chi connectivity index (χ1n) is 8.17. The van der Waals surface area contributed by atoms with Gasteiger partial charge in [0.2, 0.25) is 5.91 Å². The number of amides is 1. The lowest BCUT2D eigenvalue weighted by molar-refractivity contribution is -0.117. The molecule has 3 N–H and O–H groups in total. The highest BCUT2D eigenvalue weighted by molar-refractivity contribution is 8.00. The maximum absolute atomic E-state index is 11.8. The Labute approximate surface area is 165 Å². The van der Waals surface area contributed by atoms with Gasteiger partial charge < -0.3 is 15.0 Å². The van der Waals surface area contributed by atoms with Crippen LogP contribution in [-0.4, -0.2) is 10.9 Å². The largest absolute Gasteiger partial charge is 0.358 e. The molecule has 1 aliphatic rings. The van der Waals surface area contributed by atoms with Gasteiger partial charge in [0.15, 0.2) is 0 Å². The number of nitrogens with one attached hydrogen (secondary N) is 3. The maximum Gasteiger partial charge on any atom is 0.225 e. The number of hydrogen-bond donors (Lipinski definition) is 3. The molecule has 0 radical (unpaired) electrons. The lowest BCUT2D eigenvalue weighted by Crippen LogP contribution is -2.32. The zero-order chi connectivity index (χ0) is 18.5. The summed E-state index contributed by atoms with van der Waals surface area (Å²) in [5, 5.41) is 4.98. The molecule has 4 rings (SSSR count). The van der Waals surface area contributed by atoms with Crippen molar-refractivity contribution in [2.75, 3.05) is 10.0 Å². The number of aromatic amines is 1. The molecule has 1 amide bonds. The second kappa shape index (κ2) is 6.41. The van der Waals surface area contributed by atoms with Crippen LogP contribution < -0.4 is 10.0 Å². The predicted molar refractivity (Wildman–Crippen MR) is 111 cm³/mol. The molecule has 0 aliphatic carbocycles. The van der Waals surface area contributed by atoms with Gasteiger partial charge in [0, 0.05) is 34.0 Å².